The van der Waals surface area contributed by atoms with Gasteiger partial charge >= 0.3 is 0 Å². The molecule has 0 atom stereocenters. The van der Waals surface area contributed by atoms with Crippen molar-refractivity contribution < 1.29 is 0 Å². The van der Waals surface area contributed by atoms with Gasteiger partial charge in [0.2, 0.25) is 0 Å². The summed E-state index contributed by atoms with van der Waals surface area (Å²) in [6.45, 7) is 0.678. The molecule has 0 radical (unpaired) electrons. The average molecular weight is 201 g/mol. The van der Waals surface area contributed by atoms with Crippen molar-refractivity contribution in [1.29, 1.82) is 0 Å². The van der Waals surface area contributed by atoms with Gasteiger partial charge in [-0.25, -0.2) is 0 Å². The molecule has 0 spiro atoms. The van der Waals surface area contributed by atoms with Gasteiger partial charge in [0, 0.05) is 30.7 Å². The Hall–Kier alpha value is -1.74. The monoisotopic (exact) mass is 201 g/mol. The smallest absolute Gasteiger partial charge is 0.0416 e. The maximum absolute atomic E-state index is 5.32. The lowest BCUT2D eigenvalue weighted by atomic mass is 10.3. The minimum atomic E-state index is 0.678. The molecule has 0 aliphatic carbocycles. The Kier molecular flexibility index (Phi) is 5.78. The molecule has 0 saturated carbocycles. The fourth-order valence-electron chi connectivity index (χ4n) is 1.01. The molecule has 2 rings (SSSR count). The molecule has 2 aromatic rings. The van der Waals surface area contributed by atoms with E-state index in [1.807, 2.05) is 36.4 Å². The largest absolute Gasteiger partial charge is 0.330 e. The fourth-order valence-corrected chi connectivity index (χ4v) is 1.01. The third-order valence-corrected chi connectivity index (χ3v) is 1.69. The van der Waals surface area contributed by atoms with Crippen molar-refractivity contribution in [1.82, 2.24) is 9.97 Å². The summed E-state index contributed by atoms with van der Waals surface area (Å²) in [6.07, 6.45) is 6.16. The highest BCUT2D eigenvalue weighted by atomic mass is 14.7. The van der Waals surface area contributed by atoms with Crippen LogP contribution in [0.15, 0.2) is 55.0 Å². The van der Waals surface area contributed by atoms with Gasteiger partial charge in [-0.3, -0.25) is 9.97 Å². The number of nitrogens with zero attached hydrogens (tertiary/aromatic N) is 2. The van der Waals surface area contributed by atoms with Crippen molar-refractivity contribution in [2.24, 2.45) is 5.73 Å². The molecule has 78 valence electrons. The Morgan fingerprint density at radius 3 is 2.07 bits per heavy atom. The molecule has 15 heavy (non-hydrogen) atoms. The number of pyridine rings is 2. The van der Waals surface area contributed by atoms with Gasteiger partial charge in [0.05, 0.1) is 0 Å². The predicted molar refractivity (Wildman–Crippen MR) is 61.2 cm³/mol. The summed E-state index contributed by atoms with van der Waals surface area (Å²) in [6, 6.07) is 11.6. The van der Waals surface area contributed by atoms with Crippen molar-refractivity contribution in [3.8, 4) is 0 Å². The highest BCUT2D eigenvalue weighted by Gasteiger charge is 1.86. The molecule has 0 bridgehead atoms. The summed E-state index contributed by atoms with van der Waals surface area (Å²) in [4.78, 5) is 7.87. The lowest BCUT2D eigenvalue weighted by Crippen LogP contribution is -2.03. The molecule has 0 saturated heterocycles. The second-order valence-corrected chi connectivity index (χ2v) is 2.88. The zero-order chi connectivity index (χ0) is 10.8. The molecule has 0 unspecified atom stereocenters. The maximum Gasteiger partial charge on any atom is 0.0416 e. The van der Waals surface area contributed by atoms with E-state index in [0.717, 1.165) is 12.1 Å². The number of aromatic nitrogens is 2. The minimum absolute atomic E-state index is 0.678. The second-order valence-electron chi connectivity index (χ2n) is 2.88. The van der Waals surface area contributed by atoms with Gasteiger partial charge in [0.15, 0.2) is 0 Å². The Morgan fingerprint density at radius 1 is 0.933 bits per heavy atom. The molecule has 0 aliphatic heterocycles. The molecule has 3 nitrogen and oxygen atoms in total. The first kappa shape index (κ1) is 11.3. The second kappa shape index (κ2) is 7.64. The number of nitrogens with two attached hydrogens (primary N) is 1. The number of rotatable bonds is 2. The topological polar surface area (TPSA) is 51.8 Å². The SMILES string of the molecule is NCCc1ccccn1.c1ccncc1. The molecule has 0 aromatic carbocycles. The molecule has 2 aromatic heterocycles. The van der Waals surface area contributed by atoms with Crippen LogP contribution in [0.2, 0.25) is 0 Å². The van der Waals surface area contributed by atoms with Crippen molar-refractivity contribution >= 4 is 0 Å². The molecule has 2 N–H and O–H groups in total. The quantitative estimate of drug-likeness (QED) is 0.804. The van der Waals surface area contributed by atoms with Crippen molar-refractivity contribution in [3.05, 3.63) is 60.7 Å². The lowest BCUT2D eigenvalue weighted by Gasteiger charge is -1.92. The van der Waals surface area contributed by atoms with Gasteiger partial charge in [-0.05, 0) is 30.8 Å². The van der Waals surface area contributed by atoms with E-state index in [2.05, 4.69) is 9.97 Å². The summed E-state index contributed by atoms with van der Waals surface area (Å²) in [5, 5.41) is 0. The summed E-state index contributed by atoms with van der Waals surface area (Å²) in [5.41, 5.74) is 6.39. The first-order valence-electron chi connectivity index (χ1n) is 4.88. The first-order valence-corrected chi connectivity index (χ1v) is 4.88. The van der Waals surface area contributed by atoms with Gasteiger partial charge in [-0.2, -0.15) is 0 Å². The van der Waals surface area contributed by atoms with Crippen LogP contribution in [0.25, 0.3) is 0 Å². The summed E-state index contributed by atoms with van der Waals surface area (Å²) < 4.78 is 0. The van der Waals surface area contributed by atoms with Gasteiger partial charge in [-0.15, -0.1) is 0 Å². The number of hydrogen-bond donors (Lipinski definition) is 1. The Balaban J connectivity index is 0.000000162. The van der Waals surface area contributed by atoms with Crippen LogP contribution in [0.1, 0.15) is 5.69 Å². The molecule has 2 heterocycles. The van der Waals surface area contributed by atoms with Crippen LogP contribution in [-0.2, 0) is 6.42 Å². The minimum Gasteiger partial charge on any atom is -0.330 e. The number of hydrogen-bond acceptors (Lipinski definition) is 3. The zero-order valence-corrected chi connectivity index (χ0v) is 8.58. The Labute approximate surface area is 90.0 Å². The Bertz CT molecular complexity index is 308. The van der Waals surface area contributed by atoms with Crippen LogP contribution < -0.4 is 5.73 Å². The predicted octanol–water partition coefficient (Wildman–Crippen LogP) is 1.66. The standard InChI is InChI=1S/C7H10N2.C5H5N/c8-5-4-7-3-1-2-6-9-7;1-2-4-6-5-3-1/h1-3,6H,4-5,8H2;1-5H. The molecular weight excluding hydrogens is 186 g/mol. The van der Waals surface area contributed by atoms with E-state index >= 15 is 0 Å². The van der Waals surface area contributed by atoms with Gasteiger partial charge in [-0.1, -0.05) is 12.1 Å². The third kappa shape index (κ3) is 5.54. The lowest BCUT2D eigenvalue weighted by molar-refractivity contribution is 0.923. The molecule has 0 fully saturated rings. The normalized spacial score (nSPS) is 8.87. The average Bonchev–Trinajstić information content (AvgIpc) is 2.34. The maximum atomic E-state index is 5.32. The van der Waals surface area contributed by atoms with Gasteiger partial charge in [0.25, 0.3) is 0 Å². The van der Waals surface area contributed by atoms with E-state index in [1.54, 1.807) is 18.6 Å². The summed E-state index contributed by atoms with van der Waals surface area (Å²) in [5.74, 6) is 0. The van der Waals surface area contributed by atoms with Crippen molar-refractivity contribution in [2.75, 3.05) is 6.54 Å². The van der Waals surface area contributed by atoms with E-state index in [9.17, 15) is 0 Å². The highest BCUT2D eigenvalue weighted by Crippen LogP contribution is 1.91. The molecule has 3 heteroatoms. The van der Waals surface area contributed by atoms with Crippen LogP contribution in [0.3, 0.4) is 0 Å². The van der Waals surface area contributed by atoms with Crippen LogP contribution >= 0.6 is 0 Å². The van der Waals surface area contributed by atoms with Crippen molar-refractivity contribution in [3.63, 3.8) is 0 Å². The zero-order valence-electron chi connectivity index (χ0n) is 8.58. The summed E-state index contributed by atoms with van der Waals surface area (Å²) >= 11 is 0. The fraction of sp³-hybridized carbons (Fsp3) is 0.167. The van der Waals surface area contributed by atoms with Crippen LogP contribution in [0.4, 0.5) is 0 Å². The molecular formula is C12H15N3. The highest BCUT2D eigenvalue weighted by molar-refractivity contribution is 5.03. The van der Waals surface area contributed by atoms with E-state index < -0.39 is 0 Å². The van der Waals surface area contributed by atoms with Crippen LogP contribution in [0.5, 0.6) is 0 Å². The van der Waals surface area contributed by atoms with E-state index in [4.69, 9.17) is 5.73 Å². The molecule has 0 aliphatic rings. The third-order valence-electron chi connectivity index (χ3n) is 1.69. The van der Waals surface area contributed by atoms with E-state index in [0.29, 0.717) is 6.54 Å². The van der Waals surface area contributed by atoms with Crippen LogP contribution in [-0.4, -0.2) is 16.5 Å². The van der Waals surface area contributed by atoms with Crippen molar-refractivity contribution in [2.45, 2.75) is 6.42 Å². The summed E-state index contributed by atoms with van der Waals surface area (Å²) in [7, 11) is 0. The van der Waals surface area contributed by atoms with E-state index in [-0.39, 0.29) is 0 Å². The van der Waals surface area contributed by atoms with Gasteiger partial charge < -0.3 is 5.73 Å². The van der Waals surface area contributed by atoms with Crippen LogP contribution in [0, 0.1) is 0 Å². The first-order chi connectivity index (χ1) is 7.43. The molecule has 0 amide bonds. The van der Waals surface area contributed by atoms with Gasteiger partial charge in [0.1, 0.15) is 0 Å². The Morgan fingerprint density at radius 2 is 1.67 bits per heavy atom. The van der Waals surface area contributed by atoms with E-state index in [1.165, 1.54) is 0 Å².